The maximum Gasteiger partial charge on any atom is 0.191 e. The molecular weight excluding hydrogens is 401 g/mol. The number of hydrogen-bond donors (Lipinski definition) is 2. The van der Waals surface area contributed by atoms with Gasteiger partial charge < -0.3 is 15.4 Å². The van der Waals surface area contributed by atoms with Crippen LogP contribution in [0, 0.1) is 0 Å². The van der Waals surface area contributed by atoms with E-state index in [4.69, 9.17) is 4.74 Å². The highest BCUT2D eigenvalue weighted by molar-refractivity contribution is 14.0. The van der Waals surface area contributed by atoms with Crippen LogP contribution in [0.1, 0.15) is 52.0 Å². The van der Waals surface area contributed by atoms with Crippen molar-refractivity contribution in [2.45, 2.75) is 52.5 Å². The lowest BCUT2D eigenvalue weighted by Crippen LogP contribution is -2.42. The van der Waals surface area contributed by atoms with Crippen molar-refractivity contribution in [2.24, 2.45) is 4.99 Å². The van der Waals surface area contributed by atoms with Crippen molar-refractivity contribution >= 4 is 29.9 Å². The minimum atomic E-state index is 0. The van der Waals surface area contributed by atoms with Gasteiger partial charge in [-0.25, -0.2) is 0 Å². The number of methoxy groups -OCH3 is 1. The van der Waals surface area contributed by atoms with Gasteiger partial charge in [0.2, 0.25) is 0 Å². The van der Waals surface area contributed by atoms with Crippen molar-refractivity contribution in [1.29, 1.82) is 0 Å². The lowest BCUT2D eigenvalue weighted by molar-refractivity contribution is 0.414. The summed E-state index contributed by atoms with van der Waals surface area (Å²) in [6, 6.07) is 8.75. The summed E-state index contributed by atoms with van der Waals surface area (Å²) in [6.45, 7) is 10.4. The molecule has 5 heteroatoms. The van der Waals surface area contributed by atoms with Crippen LogP contribution in [0.15, 0.2) is 29.3 Å². The Morgan fingerprint density at radius 1 is 1.17 bits per heavy atom. The molecule has 0 fully saturated rings. The van der Waals surface area contributed by atoms with Gasteiger partial charge in [-0.2, -0.15) is 0 Å². The lowest BCUT2D eigenvalue weighted by atomic mass is 9.98. The molecule has 4 nitrogen and oxygen atoms in total. The van der Waals surface area contributed by atoms with Crippen LogP contribution < -0.4 is 15.4 Å². The van der Waals surface area contributed by atoms with Gasteiger partial charge in [0, 0.05) is 19.1 Å². The fourth-order valence-electron chi connectivity index (χ4n) is 2.12. The fraction of sp³-hybridized carbons (Fsp3) is 0.611. The number of halogens is 1. The van der Waals surface area contributed by atoms with Crippen molar-refractivity contribution in [2.75, 3.05) is 20.2 Å². The maximum absolute atomic E-state index is 5.20. The summed E-state index contributed by atoms with van der Waals surface area (Å²) >= 11 is 0. The average Bonchev–Trinajstić information content (AvgIpc) is 2.54. The first-order valence-electron chi connectivity index (χ1n) is 8.29. The Kier molecular flexibility index (Phi) is 11.9. The molecule has 0 saturated heterocycles. The van der Waals surface area contributed by atoms with Gasteiger partial charge >= 0.3 is 0 Å². The highest BCUT2D eigenvalue weighted by Crippen LogP contribution is 2.21. The van der Waals surface area contributed by atoms with E-state index in [-0.39, 0.29) is 24.0 Å². The van der Waals surface area contributed by atoms with Crippen molar-refractivity contribution in [3.63, 3.8) is 0 Å². The predicted octanol–water partition coefficient (Wildman–Crippen LogP) is 4.16. The zero-order valence-electron chi connectivity index (χ0n) is 15.1. The minimum Gasteiger partial charge on any atom is -0.497 e. The summed E-state index contributed by atoms with van der Waals surface area (Å²) in [7, 11) is 1.69. The molecular formula is C18H32IN3O. The quantitative estimate of drug-likeness (QED) is 0.368. The summed E-state index contributed by atoms with van der Waals surface area (Å²) in [5.74, 6) is 2.31. The van der Waals surface area contributed by atoms with Crippen LogP contribution in [0.5, 0.6) is 5.75 Å². The SMILES string of the molecule is CCNC(=NCCC(C)c1ccc(OC)cc1)NC(C)CC.I. The third-order valence-corrected chi connectivity index (χ3v) is 3.86. The summed E-state index contributed by atoms with van der Waals surface area (Å²) in [5, 5.41) is 6.72. The Morgan fingerprint density at radius 3 is 2.35 bits per heavy atom. The van der Waals surface area contributed by atoms with Crippen molar-refractivity contribution in [3.8, 4) is 5.75 Å². The second kappa shape index (κ2) is 12.4. The normalized spacial score (nSPS) is 13.7. The zero-order chi connectivity index (χ0) is 16.4. The first-order valence-corrected chi connectivity index (χ1v) is 8.29. The molecule has 0 aliphatic carbocycles. The third kappa shape index (κ3) is 8.44. The van der Waals surface area contributed by atoms with Crippen LogP contribution >= 0.6 is 24.0 Å². The molecule has 0 radical (unpaired) electrons. The first kappa shape index (κ1) is 22.0. The van der Waals surface area contributed by atoms with E-state index in [1.165, 1.54) is 5.56 Å². The molecule has 0 bridgehead atoms. The number of aliphatic imine (C=N–C) groups is 1. The molecule has 1 aromatic rings. The van der Waals surface area contributed by atoms with Crippen molar-refractivity contribution in [3.05, 3.63) is 29.8 Å². The molecule has 2 atom stereocenters. The largest absolute Gasteiger partial charge is 0.497 e. The van der Waals surface area contributed by atoms with Crippen LogP contribution in [-0.4, -0.2) is 32.2 Å². The molecule has 1 aromatic carbocycles. The number of hydrogen-bond acceptors (Lipinski definition) is 2. The molecule has 0 aliphatic heterocycles. The van der Waals surface area contributed by atoms with Crippen LogP contribution in [0.2, 0.25) is 0 Å². The number of rotatable bonds is 8. The lowest BCUT2D eigenvalue weighted by Gasteiger charge is -2.17. The highest BCUT2D eigenvalue weighted by Gasteiger charge is 2.06. The summed E-state index contributed by atoms with van der Waals surface area (Å²) in [6.07, 6.45) is 2.12. The van der Waals surface area contributed by atoms with E-state index in [2.05, 4.69) is 55.5 Å². The third-order valence-electron chi connectivity index (χ3n) is 3.86. The molecule has 0 aromatic heterocycles. The second-order valence-electron chi connectivity index (χ2n) is 5.68. The first-order chi connectivity index (χ1) is 10.6. The molecule has 0 spiro atoms. The molecule has 2 unspecified atom stereocenters. The summed E-state index contributed by atoms with van der Waals surface area (Å²) < 4.78 is 5.20. The Balaban J connectivity index is 0.00000484. The van der Waals surface area contributed by atoms with Gasteiger partial charge in [-0.15, -0.1) is 24.0 Å². The van der Waals surface area contributed by atoms with E-state index in [9.17, 15) is 0 Å². The zero-order valence-corrected chi connectivity index (χ0v) is 17.4. The van der Waals surface area contributed by atoms with E-state index < -0.39 is 0 Å². The second-order valence-corrected chi connectivity index (χ2v) is 5.68. The Morgan fingerprint density at radius 2 is 1.83 bits per heavy atom. The molecule has 2 N–H and O–H groups in total. The highest BCUT2D eigenvalue weighted by atomic mass is 127. The van der Waals surface area contributed by atoms with Gasteiger partial charge in [-0.05, 0) is 50.3 Å². The molecule has 0 amide bonds. The van der Waals surface area contributed by atoms with Gasteiger partial charge in [0.1, 0.15) is 5.75 Å². The van der Waals surface area contributed by atoms with E-state index >= 15 is 0 Å². The maximum atomic E-state index is 5.20. The molecule has 0 aliphatic rings. The Bertz CT molecular complexity index is 448. The minimum absolute atomic E-state index is 0. The molecule has 23 heavy (non-hydrogen) atoms. The van der Waals surface area contributed by atoms with Gasteiger partial charge in [0.15, 0.2) is 5.96 Å². The molecule has 1 rings (SSSR count). The van der Waals surface area contributed by atoms with Crippen LogP contribution in [0.4, 0.5) is 0 Å². The van der Waals surface area contributed by atoms with Gasteiger partial charge in [-0.1, -0.05) is 26.0 Å². The fourth-order valence-corrected chi connectivity index (χ4v) is 2.12. The van der Waals surface area contributed by atoms with Crippen molar-refractivity contribution < 1.29 is 4.74 Å². The summed E-state index contributed by atoms with van der Waals surface area (Å²) in [4.78, 5) is 4.67. The summed E-state index contributed by atoms with van der Waals surface area (Å²) in [5.41, 5.74) is 1.33. The van der Waals surface area contributed by atoms with Crippen LogP contribution in [-0.2, 0) is 0 Å². The Labute approximate surface area is 158 Å². The smallest absolute Gasteiger partial charge is 0.191 e. The standard InChI is InChI=1S/C18H31N3O.HI/c1-6-15(4)21-18(19-7-2)20-13-12-14(3)16-8-10-17(22-5)11-9-16;/h8-11,14-15H,6-7,12-13H2,1-5H3,(H2,19,20,21);1H. The molecule has 132 valence electrons. The van der Waals surface area contributed by atoms with Gasteiger partial charge in [0.25, 0.3) is 0 Å². The number of benzene rings is 1. The van der Waals surface area contributed by atoms with E-state index in [1.807, 2.05) is 12.1 Å². The van der Waals surface area contributed by atoms with E-state index in [0.717, 1.165) is 37.6 Å². The average molecular weight is 433 g/mol. The van der Waals surface area contributed by atoms with E-state index in [1.54, 1.807) is 7.11 Å². The number of guanidine groups is 1. The number of nitrogens with one attached hydrogen (secondary N) is 2. The topological polar surface area (TPSA) is 45.7 Å². The van der Waals surface area contributed by atoms with Crippen molar-refractivity contribution in [1.82, 2.24) is 10.6 Å². The number of ether oxygens (including phenoxy) is 1. The molecule has 0 heterocycles. The number of nitrogens with zero attached hydrogens (tertiary/aromatic N) is 1. The van der Waals surface area contributed by atoms with Gasteiger partial charge in [-0.3, -0.25) is 4.99 Å². The van der Waals surface area contributed by atoms with Crippen LogP contribution in [0.25, 0.3) is 0 Å². The monoisotopic (exact) mass is 433 g/mol. The van der Waals surface area contributed by atoms with E-state index in [0.29, 0.717) is 12.0 Å². The molecule has 0 saturated carbocycles. The predicted molar refractivity (Wildman–Crippen MR) is 110 cm³/mol. The Hall–Kier alpha value is -0.980. The van der Waals surface area contributed by atoms with Crippen LogP contribution in [0.3, 0.4) is 0 Å². The van der Waals surface area contributed by atoms with Gasteiger partial charge in [0.05, 0.1) is 7.11 Å².